The Labute approximate surface area is 87.2 Å². The van der Waals surface area contributed by atoms with E-state index in [1.807, 2.05) is 6.07 Å². The van der Waals surface area contributed by atoms with E-state index in [0.717, 1.165) is 29.9 Å². The largest absolute Gasteiger partial charge is 0.508 e. The lowest BCUT2D eigenvalue weighted by atomic mass is 10.2. The van der Waals surface area contributed by atoms with Crippen LogP contribution in [-0.2, 0) is 0 Å². The van der Waals surface area contributed by atoms with Crippen LogP contribution in [0.5, 0.6) is 5.75 Å². The fraction of sp³-hybridized carbons (Fsp3) is 0.273. The number of fused-ring (bicyclic) bond motifs is 1. The number of benzene rings is 1. The Morgan fingerprint density at radius 1 is 1.27 bits per heavy atom. The van der Waals surface area contributed by atoms with E-state index in [4.69, 9.17) is 0 Å². The maximum Gasteiger partial charge on any atom is 0.225 e. The first-order chi connectivity index (χ1) is 7.33. The van der Waals surface area contributed by atoms with Crippen molar-refractivity contribution in [3.8, 4) is 5.75 Å². The van der Waals surface area contributed by atoms with Gasteiger partial charge in [-0.2, -0.15) is 0 Å². The van der Waals surface area contributed by atoms with Crippen molar-refractivity contribution in [3.05, 3.63) is 24.4 Å². The smallest absolute Gasteiger partial charge is 0.225 e. The monoisotopic (exact) mass is 201 g/mol. The van der Waals surface area contributed by atoms with Gasteiger partial charge in [0.1, 0.15) is 5.75 Å². The zero-order valence-electron chi connectivity index (χ0n) is 8.22. The SMILES string of the molecule is Oc1ccc2cnc(N3CCC3)nc2c1. The van der Waals surface area contributed by atoms with Crippen LogP contribution in [0.4, 0.5) is 5.95 Å². The average Bonchev–Trinajstić information content (AvgIpc) is 2.14. The molecular weight excluding hydrogens is 190 g/mol. The summed E-state index contributed by atoms with van der Waals surface area (Å²) in [6.07, 6.45) is 3.01. The highest BCUT2D eigenvalue weighted by Gasteiger charge is 2.16. The molecule has 1 aliphatic heterocycles. The van der Waals surface area contributed by atoms with E-state index in [1.165, 1.54) is 6.42 Å². The van der Waals surface area contributed by atoms with Crippen LogP contribution in [0, 0.1) is 0 Å². The lowest BCUT2D eigenvalue weighted by Gasteiger charge is -2.30. The second-order valence-electron chi connectivity index (χ2n) is 3.75. The highest BCUT2D eigenvalue weighted by Crippen LogP contribution is 2.21. The third kappa shape index (κ3) is 1.38. The van der Waals surface area contributed by atoms with E-state index in [9.17, 15) is 5.11 Å². The van der Waals surface area contributed by atoms with Gasteiger partial charge in [0.05, 0.1) is 5.52 Å². The zero-order valence-corrected chi connectivity index (χ0v) is 8.22. The zero-order chi connectivity index (χ0) is 10.3. The first-order valence-corrected chi connectivity index (χ1v) is 5.04. The van der Waals surface area contributed by atoms with Gasteiger partial charge in [0.2, 0.25) is 5.95 Å². The fourth-order valence-corrected chi connectivity index (χ4v) is 1.67. The maximum absolute atomic E-state index is 9.36. The van der Waals surface area contributed by atoms with Crippen LogP contribution in [0.3, 0.4) is 0 Å². The van der Waals surface area contributed by atoms with Crippen molar-refractivity contribution in [2.24, 2.45) is 0 Å². The second kappa shape index (κ2) is 3.08. The molecule has 0 aliphatic carbocycles. The Hall–Kier alpha value is -1.84. The molecule has 0 radical (unpaired) electrons. The number of anilines is 1. The number of hydrogen-bond acceptors (Lipinski definition) is 4. The summed E-state index contributed by atoms with van der Waals surface area (Å²) in [7, 11) is 0. The van der Waals surface area contributed by atoms with E-state index >= 15 is 0 Å². The van der Waals surface area contributed by atoms with E-state index in [-0.39, 0.29) is 5.75 Å². The molecule has 2 heterocycles. The third-order valence-corrected chi connectivity index (χ3v) is 2.69. The third-order valence-electron chi connectivity index (χ3n) is 2.69. The van der Waals surface area contributed by atoms with Gasteiger partial charge in [0.25, 0.3) is 0 Å². The molecule has 2 aromatic rings. The minimum absolute atomic E-state index is 0.246. The number of rotatable bonds is 1. The number of aromatic nitrogens is 2. The van der Waals surface area contributed by atoms with Gasteiger partial charge in [0.15, 0.2) is 0 Å². The van der Waals surface area contributed by atoms with Crippen LogP contribution in [-0.4, -0.2) is 28.2 Å². The second-order valence-corrected chi connectivity index (χ2v) is 3.75. The molecule has 1 fully saturated rings. The molecule has 1 aromatic heterocycles. The number of nitrogens with zero attached hydrogens (tertiary/aromatic N) is 3. The Kier molecular flexibility index (Phi) is 1.74. The molecule has 0 amide bonds. The first-order valence-electron chi connectivity index (χ1n) is 5.04. The van der Waals surface area contributed by atoms with Crippen molar-refractivity contribution >= 4 is 16.9 Å². The van der Waals surface area contributed by atoms with Gasteiger partial charge >= 0.3 is 0 Å². The minimum atomic E-state index is 0.246. The van der Waals surface area contributed by atoms with Crippen LogP contribution >= 0.6 is 0 Å². The fourth-order valence-electron chi connectivity index (χ4n) is 1.67. The summed E-state index contributed by atoms with van der Waals surface area (Å²) in [5.41, 5.74) is 0.798. The summed E-state index contributed by atoms with van der Waals surface area (Å²) in [5, 5.41) is 10.3. The Morgan fingerprint density at radius 3 is 2.87 bits per heavy atom. The molecule has 4 nitrogen and oxygen atoms in total. The van der Waals surface area contributed by atoms with Gasteiger partial charge < -0.3 is 10.0 Å². The van der Waals surface area contributed by atoms with Gasteiger partial charge in [-0.25, -0.2) is 9.97 Å². The molecule has 0 bridgehead atoms. The molecule has 1 aliphatic rings. The highest BCUT2D eigenvalue weighted by molar-refractivity contribution is 5.80. The molecule has 1 aromatic carbocycles. The first kappa shape index (κ1) is 8.47. The molecule has 0 spiro atoms. The lowest BCUT2D eigenvalue weighted by Crippen LogP contribution is -2.38. The van der Waals surface area contributed by atoms with E-state index in [2.05, 4.69) is 14.9 Å². The van der Waals surface area contributed by atoms with Crippen molar-refractivity contribution in [2.75, 3.05) is 18.0 Å². The van der Waals surface area contributed by atoms with E-state index in [1.54, 1.807) is 18.3 Å². The van der Waals surface area contributed by atoms with Crippen molar-refractivity contribution in [3.63, 3.8) is 0 Å². The van der Waals surface area contributed by atoms with Crippen LogP contribution in [0.1, 0.15) is 6.42 Å². The van der Waals surface area contributed by atoms with E-state index < -0.39 is 0 Å². The normalized spacial score (nSPS) is 15.3. The summed E-state index contributed by atoms with van der Waals surface area (Å²) >= 11 is 0. The van der Waals surface area contributed by atoms with Gasteiger partial charge in [0, 0.05) is 30.7 Å². The summed E-state index contributed by atoms with van der Waals surface area (Å²) in [6, 6.07) is 5.14. The number of hydrogen-bond donors (Lipinski definition) is 1. The number of phenols is 1. The lowest BCUT2D eigenvalue weighted by molar-refractivity contribution is 0.476. The van der Waals surface area contributed by atoms with Gasteiger partial charge in [-0.05, 0) is 18.6 Å². The van der Waals surface area contributed by atoms with Gasteiger partial charge in [-0.3, -0.25) is 0 Å². The Balaban J connectivity index is 2.11. The number of aromatic hydroxyl groups is 1. The van der Waals surface area contributed by atoms with Crippen molar-refractivity contribution in [1.82, 2.24) is 9.97 Å². The van der Waals surface area contributed by atoms with Crippen molar-refractivity contribution < 1.29 is 5.11 Å². The predicted molar refractivity (Wildman–Crippen MR) is 58.0 cm³/mol. The summed E-state index contributed by atoms with van der Waals surface area (Å²) < 4.78 is 0. The van der Waals surface area contributed by atoms with Gasteiger partial charge in [-0.15, -0.1) is 0 Å². The molecular formula is C11H11N3O. The van der Waals surface area contributed by atoms with Crippen molar-refractivity contribution in [2.45, 2.75) is 6.42 Å². The molecule has 76 valence electrons. The Morgan fingerprint density at radius 2 is 2.13 bits per heavy atom. The molecule has 0 atom stereocenters. The van der Waals surface area contributed by atoms with Crippen LogP contribution in [0.25, 0.3) is 10.9 Å². The molecule has 4 heteroatoms. The quantitative estimate of drug-likeness (QED) is 0.760. The predicted octanol–water partition coefficient (Wildman–Crippen LogP) is 1.55. The topological polar surface area (TPSA) is 49.3 Å². The number of phenolic OH excluding ortho intramolecular Hbond substituents is 1. The van der Waals surface area contributed by atoms with Crippen LogP contribution < -0.4 is 4.90 Å². The maximum atomic E-state index is 9.36. The van der Waals surface area contributed by atoms with Crippen molar-refractivity contribution in [1.29, 1.82) is 0 Å². The summed E-state index contributed by atoms with van der Waals surface area (Å²) in [6.45, 7) is 2.06. The highest BCUT2D eigenvalue weighted by atomic mass is 16.3. The molecule has 1 N–H and O–H groups in total. The summed E-state index contributed by atoms with van der Waals surface area (Å²) in [4.78, 5) is 10.8. The van der Waals surface area contributed by atoms with Gasteiger partial charge in [-0.1, -0.05) is 0 Å². The molecule has 3 rings (SSSR count). The molecule has 1 saturated heterocycles. The van der Waals surface area contributed by atoms with Crippen LogP contribution in [0.2, 0.25) is 0 Å². The molecule has 15 heavy (non-hydrogen) atoms. The summed E-state index contributed by atoms with van der Waals surface area (Å²) in [5.74, 6) is 1.01. The van der Waals surface area contributed by atoms with Crippen LogP contribution in [0.15, 0.2) is 24.4 Å². The standard InChI is InChI=1S/C11H11N3O/c15-9-3-2-8-7-12-11(13-10(8)6-9)14-4-1-5-14/h2-3,6-7,15H,1,4-5H2. The molecule has 0 unspecified atom stereocenters. The van der Waals surface area contributed by atoms with E-state index in [0.29, 0.717) is 0 Å². The average molecular weight is 201 g/mol. The Bertz CT molecular complexity index is 508. The molecule has 0 saturated carbocycles. The minimum Gasteiger partial charge on any atom is -0.508 e.